The van der Waals surface area contributed by atoms with Gasteiger partial charge in [0, 0.05) is 11.5 Å². The van der Waals surface area contributed by atoms with Crippen LogP contribution in [-0.4, -0.2) is 19.0 Å². The van der Waals surface area contributed by atoms with Crippen molar-refractivity contribution >= 4 is 11.9 Å². The van der Waals surface area contributed by atoms with Gasteiger partial charge in [-0.15, -0.1) is 0 Å². The predicted molar refractivity (Wildman–Crippen MR) is 87.3 cm³/mol. The fourth-order valence-corrected chi connectivity index (χ4v) is 2.03. The van der Waals surface area contributed by atoms with E-state index in [1.165, 1.54) is 7.11 Å². The molecule has 2 rings (SSSR count). The third-order valence-corrected chi connectivity index (χ3v) is 3.20. The number of amides is 1. The average molecular weight is 307 g/mol. The van der Waals surface area contributed by atoms with Gasteiger partial charge in [0.1, 0.15) is 0 Å². The van der Waals surface area contributed by atoms with Crippen molar-refractivity contribution in [3.05, 3.63) is 71.8 Å². The van der Waals surface area contributed by atoms with E-state index in [0.717, 1.165) is 11.1 Å². The zero-order chi connectivity index (χ0) is 16.5. The number of nitrogens with one attached hydrogen (secondary N) is 1. The summed E-state index contributed by atoms with van der Waals surface area (Å²) in [5, 5.41) is 2.76. The molecule has 116 valence electrons. The SMILES string of the molecule is COC(=O)C[C@H](NC(=O)C#Cc1ccccc1)c1ccccc1. The summed E-state index contributed by atoms with van der Waals surface area (Å²) in [6, 6.07) is 18.0. The van der Waals surface area contributed by atoms with E-state index in [4.69, 9.17) is 0 Å². The first-order chi connectivity index (χ1) is 11.2. The van der Waals surface area contributed by atoms with Gasteiger partial charge < -0.3 is 10.1 Å². The van der Waals surface area contributed by atoms with Gasteiger partial charge in [0.15, 0.2) is 0 Å². The molecule has 0 fully saturated rings. The van der Waals surface area contributed by atoms with Crippen LogP contribution in [0, 0.1) is 11.8 Å². The highest BCUT2D eigenvalue weighted by atomic mass is 16.5. The average Bonchev–Trinajstić information content (AvgIpc) is 2.61. The van der Waals surface area contributed by atoms with Crippen LogP contribution in [0.15, 0.2) is 60.7 Å². The van der Waals surface area contributed by atoms with Crippen molar-refractivity contribution in [1.82, 2.24) is 5.32 Å². The van der Waals surface area contributed by atoms with Crippen LogP contribution in [0.3, 0.4) is 0 Å². The Balaban J connectivity index is 2.10. The van der Waals surface area contributed by atoms with Crippen LogP contribution in [0.25, 0.3) is 0 Å². The number of methoxy groups -OCH3 is 1. The highest BCUT2D eigenvalue weighted by Crippen LogP contribution is 2.16. The molecule has 1 atom stereocenters. The van der Waals surface area contributed by atoms with E-state index in [9.17, 15) is 9.59 Å². The fraction of sp³-hybridized carbons (Fsp3) is 0.158. The highest BCUT2D eigenvalue weighted by molar-refractivity contribution is 5.94. The van der Waals surface area contributed by atoms with Crippen molar-refractivity contribution in [3.8, 4) is 11.8 Å². The Labute approximate surface area is 135 Å². The maximum Gasteiger partial charge on any atom is 0.307 e. The number of rotatable bonds is 4. The minimum atomic E-state index is -0.471. The standard InChI is InChI=1S/C19H17NO3/c1-23-19(22)14-17(16-10-6-3-7-11-16)20-18(21)13-12-15-8-4-2-5-9-15/h2-11,17H,14H2,1H3,(H,20,21)/t17-/m0/s1. The largest absolute Gasteiger partial charge is 0.469 e. The number of carbonyl (C=O) groups is 2. The van der Waals surface area contributed by atoms with Gasteiger partial charge in [0.2, 0.25) is 0 Å². The topological polar surface area (TPSA) is 55.4 Å². The smallest absolute Gasteiger partial charge is 0.307 e. The molecule has 2 aromatic carbocycles. The Morgan fingerprint density at radius 3 is 2.26 bits per heavy atom. The van der Waals surface area contributed by atoms with Gasteiger partial charge in [-0.3, -0.25) is 9.59 Å². The first kappa shape index (κ1) is 16.3. The Bertz CT molecular complexity index is 715. The molecule has 1 amide bonds. The van der Waals surface area contributed by atoms with Crippen LogP contribution in [-0.2, 0) is 14.3 Å². The summed E-state index contributed by atoms with van der Waals surface area (Å²) in [7, 11) is 1.32. The molecule has 0 aromatic heterocycles. The molecule has 0 saturated carbocycles. The lowest BCUT2D eigenvalue weighted by Crippen LogP contribution is -2.29. The van der Waals surface area contributed by atoms with Gasteiger partial charge in [-0.25, -0.2) is 0 Å². The molecule has 0 radical (unpaired) electrons. The monoisotopic (exact) mass is 307 g/mol. The molecule has 4 heteroatoms. The lowest BCUT2D eigenvalue weighted by Gasteiger charge is -2.16. The summed E-state index contributed by atoms with van der Waals surface area (Å²) in [5.74, 6) is 4.50. The van der Waals surface area contributed by atoms with E-state index >= 15 is 0 Å². The summed E-state index contributed by atoms with van der Waals surface area (Å²) < 4.78 is 4.69. The Morgan fingerprint density at radius 2 is 1.65 bits per heavy atom. The molecule has 4 nitrogen and oxygen atoms in total. The molecule has 0 saturated heterocycles. The minimum Gasteiger partial charge on any atom is -0.469 e. The molecule has 0 spiro atoms. The molecule has 0 aliphatic heterocycles. The lowest BCUT2D eigenvalue weighted by molar-refractivity contribution is -0.141. The lowest BCUT2D eigenvalue weighted by atomic mass is 10.0. The molecule has 0 unspecified atom stereocenters. The van der Waals surface area contributed by atoms with Crippen molar-refractivity contribution in [2.75, 3.05) is 7.11 Å². The van der Waals surface area contributed by atoms with E-state index in [1.807, 2.05) is 60.7 Å². The summed E-state index contributed by atoms with van der Waals surface area (Å²) in [5.41, 5.74) is 1.58. The Hall–Kier alpha value is -3.06. The van der Waals surface area contributed by atoms with Gasteiger partial charge in [-0.05, 0) is 17.7 Å². The van der Waals surface area contributed by atoms with Gasteiger partial charge in [-0.1, -0.05) is 54.5 Å². The van der Waals surface area contributed by atoms with Crippen LogP contribution >= 0.6 is 0 Å². The van der Waals surface area contributed by atoms with E-state index in [-0.39, 0.29) is 6.42 Å². The van der Waals surface area contributed by atoms with Crippen molar-refractivity contribution in [2.24, 2.45) is 0 Å². The van der Waals surface area contributed by atoms with Crippen molar-refractivity contribution in [3.63, 3.8) is 0 Å². The zero-order valence-corrected chi connectivity index (χ0v) is 12.8. The molecule has 0 heterocycles. The maximum absolute atomic E-state index is 12.0. The van der Waals surface area contributed by atoms with E-state index in [0.29, 0.717) is 0 Å². The number of ether oxygens (including phenoxy) is 1. The summed E-state index contributed by atoms with van der Waals surface area (Å²) in [4.78, 5) is 23.6. The molecular formula is C19H17NO3. The second-order valence-electron chi connectivity index (χ2n) is 4.83. The first-order valence-corrected chi connectivity index (χ1v) is 7.18. The molecule has 0 bridgehead atoms. The normalized spacial score (nSPS) is 10.8. The Morgan fingerprint density at radius 1 is 1.04 bits per heavy atom. The number of hydrogen-bond acceptors (Lipinski definition) is 3. The Kier molecular flexibility index (Phi) is 5.96. The third kappa shape index (κ3) is 5.33. The van der Waals surface area contributed by atoms with Crippen molar-refractivity contribution < 1.29 is 14.3 Å². The second-order valence-corrected chi connectivity index (χ2v) is 4.83. The van der Waals surface area contributed by atoms with Crippen molar-refractivity contribution in [1.29, 1.82) is 0 Å². The number of benzene rings is 2. The number of hydrogen-bond donors (Lipinski definition) is 1. The van der Waals surface area contributed by atoms with Gasteiger partial charge in [0.05, 0.1) is 19.6 Å². The number of esters is 1. The van der Waals surface area contributed by atoms with Crippen molar-refractivity contribution in [2.45, 2.75) is 12.5 Å². The molecule has 23 heavy (non-hydrogen) atoms. The van der Waals surface area contributed by atoms with Crippen LogP contribution in [0.4, 0.5) is 0 Å². The van der Waals surface area contributed by atoms with Crippen LogP contribution in [0.2, 0.25) is 0 Å². The third-order valence-electron chi connectivity index (χ3n) is 3.20. The molecular weight excluding hydrogens is 290 g/mol. The van der Waals surface area contributed by atoms with Crippen LogP contribution in [0.5, 0.6) is 0 Å². The maximum atomic E-state index is 12.0. The van der Waals surface area contributed by atoms with Crippen LogP contribution in [0.1, 0.15) is 23.6 Å². The predicted octanol–water partition coefficient (Wildman–Crippen LogP) is 2.46. The van der Waals surface area contributed by atoms with E-state index < -0.39 is 17.9 Å². The van der Waals surface area contributed by atoms with E-state index in [1.54, 1.807) is 0 Å². The zero-order valence-electron chi connectivity index (χ0n) is 12.8. The molecule has 1 N–H and O–H groups in total. The highest BCUT2D eigenvalue weighted by Gasteiger charge is 2.17. The second kappa shape index (κ2) is 8.40. The summed E-state index contributed by atoms with van der Waals surface area (Å²) in [6.45, 7) is 0. The summed E-state index contributed by atoms with van der Waals surface area (Å²) >= 11 is 0. The molecule has 0 aliphatic rings. The summed E-state index contributed by atoms with van der Waals surface area (Å²) in [6.07, 6.45) is 0.0548. The number of carbonyl (C=O) groups excluding carboxylic acids is 2. The van der Waals surface area contributed by atoms with Crippen LogP contribution < -0.4 is 5.32 Å². The minimum absolute atomic E-state index is 0.0548. The first-order valence-electron chi connectivity index (χ1n) is 7.18. The fourth-order valence-electron chi connectivity index (χ4n) is 2.03. The van der Waals surface area contributed by atoms with Gasteiger partial charge in [0.25, 0.3) is 5.91 Å². The van der Waals surface area contributed by atoms with E-state index in [2.05, 4.69) is 21.9 Å². The quantitative estimate of drug-likeness (QED) is 0.697. The van der Waals surface area contributed by atoms with Gasteiger partial charge in [-0.2, -0.15) is 0 Å². The van der Waals surface area contributed by atoms with Gasteiger partial charge >= 0.3 is 5.97 Å². The molecule has 0 aliphatic carbocycles. The molecule has 2 aromatic rings.